The summed E-state index contributed by atoms with van der Waals surface area (Å²) in [4.78, 5) is 16.4. The van der Waals surface area contributed by atoms with E-state index in [1.807, 2.05) is 0 Å². The Labute approximate surface area is 124 Å². The van der Waals surface area contributed by atoms with Crippen molar-refractivity contribution < 1.29 is 27.5 Å². The fourth-order valence-electron chi connectivity index (χ4n) is 2.51. The van der Waals surface area contributed by atoms with Crippen LogP contribution in [0, 0.1) is 5.95 Å². The number of likely N-dealkylation sites (tertiary alicyclic amines) is 1. The van der Waals surface area contributed by atoms with Crippen LogP contribution in [0.25, 0.3) is 0 Å². The zero-order valence-electron chi connectivity index (χ0n) is 11.7. The van der Waals surface area contributed by atoms with Gasteiger partial charge in [-0.3, -0.25) is 4.79 Å². The van der Waals surface area contributed by atoms with Crippen molar-refractivity contribution >= 4 is 5.91 Å². The van der Waals surface area contributed by atoms with Crippen molar-refractivity contribution in [3.05, 3.63) is 29.8 Å². The van der Waals surface area contributed by atoms with Crippen LogP contribution in [-0.2, 0) is 10.4 Å². The standard InChI is InChI=1S/C14H16F4N2O2/c15-11-9-10(2-6-19-11)13(22)4-7-20(8-5-13)12(21)1-3-14(16,17)18/h2,6,9,22H,1,3-5,7-8H2. The van der Waals surface area contributed by atoms with Gasteiger partial charge in [0.15, 0.2) is 0 Å². The van der Waals surface area contributed by atoms with Crippen LogP contribution in [0.1, 0.15) is 31.2 Å². The van der Waals surface area contributed by atoms with Gasteiger partial charge in [-0.1, -0.05) is 0 Å². The normalized spacial score (nSPS) is 18.3. The lowest BCUT2D eigenvalue weighted by Crippen LogP contribution is -2.45. The maximum absolute atomic E-state index is 13.1. The Morgan fingerprint density at radius 1 is 1.36 bits per heavy atom. The molecule has 1 N–H and O–H groups in total. The molecule has 0 saturated carbocycles. The predicted octanol–water partition coefficient (Wildman–Crippen LogP) is 2.37. The largest absolute Gasteiger partial charge is 0.389 e. The number of halogens is 4. The summed E-state index contributed by atoms with van der Waals surface area (Å²) in [6, 6.07) is 2.62. The second-order valence-electron chi connectivity index (χ2n) is 5.39. The van der Waals surface area contributed by atoms with Crippen molar-refractivity contribution in [2.45, 2.75) is 37.5 Å². The Morgan fingerprint density at radius 3 is 2.55 bits per heavy atom. The molecule has 0 aromatic carbocycles. The number of amides is 1. The summed E-state index contributed by atoms with van der Waals surface area (Å²) in [5.41, 5.74) is -0.924. The molecule has 2 rings (SSSR count). The summed E-state index contributed by atoms with van der Waals surface area (Å²) in [6.07, 6.45) is -4.57. The Morgan fingerprint density at radius 2 is 2.00 bits per heavy atom. The number of piperidine rings is 1. The molecule has 1 amide bonds. The first-order chi connectivity index (χ1) is 10.2. The molecule has 22 heavy (non-hydrogen) atoms. The summed E-state index contributed by atoms with van der Waals surface area (Å²) < 4.78 is 49.5. The molecule has 2 heterocycles. The van der Waals surface area contributed by atoms with E-state index in [0.717, 1.165) is 6.07 Å². The Kier molecular flexibility index (Phi) is 4.69. The van der Waals surface area contributed by atoms with Gasteiger partial charge in [0.1, 0.15) is 0 Å². The third-order valence-electron chi connectivity index (χ3n) is 3.83. The van der Waals surface area contributed by atoms with Crippen molar-refractivity contribution in [3.63, 3.8) is 0 Å². The molecule has 0 spiro atoms. The molecular formula is C14H16F4N2O2. The van der Waals surface area contributed by atoms with E-state index in [1.165, 1.54) is 17.2 Å². The van der Waals surface area contributed by atoms with Crippen LogP contribution in [-0.4, -0.2) is 40.2 Å². The smallest absolute Gasteiger partial charge is 0.385 e. The zero-order chi connectivity index (χ0) is 16.4. The fraction of sp³-hybridized carbons (Fsp3) is 0.571. The van der Waals surface area contributed by atoms with Crippen molar-refractivity contribution in [1.82, 2.24) is 9.88 Å². The van der Waals surface area contributed by atoms with Crippen LogP contribution in [0.15, 0.2) is 18.3 Å². The average Bonchev–Trinajstić information content (AvgIpc) is 2.45. The molecule has 122 valence electrons. The summed E-state index contributed by atoms with van der Waals surface area (Å²) in [6.45, 7) is 0.272. The minimum absolute atomic E-state index is 0.136. The molecular weight excluding hydrogens is 304 g/mol. The summed E-state index contributed by atoms with van der Waals surface area (Å²) in [5, 5.41) is 10.5. The average molecular weight is 320 g/mol. The highest BCUT2D eigenvalue weighted by Gasteiger charge is 2.36. The van der Waals surface area contributed by atoms with Gasteiger partial charge in [-0.15, -0.1) is 0 Å². The molecule has 1 saturated heterocycles. The van der Waals surface area contributed by atoms with Crippen LogP contribution in [0.3, 0.4) is 0 Å². The molecule has 0 unspecified atom stereocenters. The van der Waals surface area contributed by atoms with Crippen LogP contribution in [0.4, 0.5) is 17.6 Å². The lowest BCUT2D eigenvalue weighted by Gasteiger charge is -2.38. The maximum Gasteiger partial charge on any atom is 0.389 e. The van der Waals surface area contributed by atoms with Crippen molar-refractivity contribution in [2.75, 3.05) is 13.1 Å². The second kappa shape index (κ2) is 6.20. The summed E-state index contributed by atoms with van der Waals surface area (Å²) in [7, 11) is 0. The van der Waals surface area contributed by atoms with Gasteiger partial charge in [-0.05, 0) is 30.5 Å². The molecule has 0 atom stereocenters. The van der Waals surface area contributed by atoms with Gasteiger partial charge in [0, 0.05) is 25.7 Å². The Balaban J connectivity index is 1.93. The van der Waals surface area contributed by atoms with E-state index in [-0.39, 0.29) is 25.9 Å². The number of carbonyl (C=O) groups is 1. The minimum Gasteiger partial charge on any atom is -0.385 e. The molecule has 8 heteroatoms. The van der Waals surface area contributed by atoms with Gasteiger partial charge in [0.05, 0.1) is 12.0 Å². The van der Waals surface area contributed by atoms with Crippen molar-refractivity contribution in [1.29, 1.82) is 0 Å². The van der Waals surface area contributed by atoms with Gasteiger partial charge in [-0.25, -0.2) is 4.98 Å². The molecule has 0 bridgehead atoms. The number of nitrogens with zero attached hydrogens (tertiary/aromatic N) is 2. The third-order valence-corrected chi connectivity index (χ3v) is 3.83. The first-order valence-electron chi connectivity index (χ1n) is 6.89. The van der Waals surface area contributed by atoms with Crippen LogP contribution < -0.4 is 0 Å². The van der Waals surface area contributed by atoms with E-state index in [2.05, 4.69) is 4.98 Å². The monoisotopic (exact) mass is 320 g/mol. The third kappa shape index (κ3) is 4.16. The van der Waals surface area contributed by atoms with Crippen molar-refractivity contribution in [2.24, 2.45) is 0 Å². The molecule has 4 nitrogen and oxygen atoms in total. The molecule has 1 aliphatic rings. The van der Waals surface area contributed by atoms with E-state index in [0.29, 0.717) is 5.56 Å². The van der Waals surface area contributed by atoms with E-state index >= 15 is 0 Å². The lowest BCUT2D eigenvalue weighted by molar-refractivity contribution is -0.151. The van der Waals surface area contributed by atoms with Gasteiger partial charge in [-0.2, -0.15) is 17.6 Å². The Hall–Kier alpha value is -1.70. The highest BCUT2D eigenvalue weighted by Crippen LogP contribution is 2.33. The van der Waals surface area contributed by atoms with Gasteiger partial charge < -0.3 is 10.0 Å². The zero-order valence-corrected chi connectivity index (χ0v) is 11.7. The fourth-order valence-corrected chi connectivity index (χ4v) is 2.51. The van der Waals surface area contributed by atoms with Gasteiger partial charge in [0.25, 0.3) is 0 Å². The first kappa shape index (κ1) is 16.7. The molecule has 0 aliphatic carbocycles. The number of rotatable bonds is 3. The van der Waals surface area contributed by atoms with E-state index < -0.39 is 36.5 Å². The lowest BCUT2D eigenvalue weighted by atomic mass is 9.85. The number of hydrogen-bond acceptors (Lipinski definition) is 3. The summed E-state index contributed by atoms with van der Waals surface area (Å²) >= 11 is 0. The number of hydrogen-bond donors (Lipinski definition) is 1. The second-order valence-corrected chi connectivity index (χ2v) is 5.39. The van der Waals surface area contributed by atoms with Crippen LogP contribution in [0.2, 0.25) is 0 Å². The number of aromatic nitrogens is 1. The predicted molar refractivity (Wildman–Crippen MR) is 69.2 cm³/mol. The molecule has 1 fully saturated rings. The van der Waals surface area contributed by atoms with E-state index in [4.69, 9.17) is 0 Å². The Bertz CT molecular complexity index is 540. The maximum atomic E-state index is 13.1. The summed E-state index contributed by atoms with van der Waals surface area (Å²) in [5.74, 6) is -1.30. The van der Waals surface area contributed by atoms with E-state index in [1.54, 1.807) is 0 Å². The van der Waals surface area contributed by atoms with Crippen molar-refractivity contribution in [3.8, 4) is 0 Å². The SMILES string of the molecule is O=C(CCC(F)(F)F)N1CCC(O)(c2ccnc(F)c2)CC1. The minimum atomic E-state index is -4.36. The molecule has 0 radical (unpaired) electrons. The number of pyridine rings is 1. The van der Waals surface area contributed by atoms with Gasteiger partial charge >= 0.3 is 6.18 Å². The molecule has 1 aromatic heterocycles. The van der Waals surface area contributed by atoms with Crippen LogP contribution in [0.5, 0.6) is 0 Å². The molecule has 1 aliphatic heterocycles. The first-order valence-corrected chi connectivity index (χ1v) is 6.89. The van der Waals surface area contributed by atoms with E-state index in [9.17, 15) is 27.5 Å². The highest BCUT2D eigenvalue weighted by molar-refractivity contribution is 5.76. The van der Waals surface area contributed by atoms with Crippen LogP contribution >= 0.6 is 0 Å². The quantitative estimate of drug-likeness (QED) is 0.687. The highest BCUT2D eigenvalue weighted by atomic mass is 19.4. The topological polar surface area (TPSA) is 53.4 Å². The number of alkyl halides is 3. The number of carbonyl (C=O) groups excluding carboxylic acids is 1. The molecule has 1 aromatic rings. The van der Waals surface area contributed by atoms with Gasteiger partial charge in [0.2, 0.25) is 11.9 Å². The number of aliphatic hydroxyl groups is 1.